The first-order valence-electron chi connectivity index (χ1n) is 8.06. The second-order valence-electron chi connectivity index (χ2n) is 5.82. The van der Waals surface area contributed by atoms with Gasteiger partial charge in [0.25, 0.3) is 0 Å². The van der Waals surface area contributed by atoms with Crippen molar-refractivity contribution in [3.05, 3.63) is 57.2 Å². The van der Waals surface area contributed by atoms with E-state index in [9.17, 15) is 4.79 Å². The number of halogens is 1. The van der Waals surface area contributed by atoms with Crippen LogP contribution in [0.25, 0.3) is 0 Å². The summed E-state index contributed by atoms with van der Waals surface area (Å²) in [6.45, 7) is 4.80. The van der Waals surface area contributed by atoms with E-state index in [2.05, 4.69) is 22.4 Å². The molecule has 0 N–H and O–H groups in total. The molecule has 2 heterocycles. The molecule has 1 aromatic heterocycles. The maximum absolute atomic E-state index is 12.2. The van der Waals surface area contributed by atoms with Gasteiger partial charge in [-0.25, -0.2) is 0 Å². The number of piperazine rings is 1. The summed E-state index contributed by atoms with van der Waals surface area (Å²) in [6.07, 6.45) is 0. The van der Waals surface area contributed by atoms with Gasteiger partial charge in [-0.3, -0.25) is 9.69 Å². The van der Waals surface area contributed by atoms with E-state index >= 15 is 0 Å². The van der Waals surface area contributed by atoms with Crippen LogP contribution in [0.2, 0.25) is 5.02 Å². The number of thiophene rings is 1. The number of hydrogen-bond acceptors (Lipinski definition) is 4. The van der Waals surface area contributed by atoms with Crippen LogP contribution >= 0.6 is 22.9 Å². The maximum Gasteiger partial charge on any atom is 0.248 e. The molecule has 0 aliphatic carbocycles. The van der Waals surface area contributed by atoms with Gasteiger partial charge in [0.15, 0.2) is 0 Å². The van der Waals surface area contributed by atoms with Gasteiger partial charge in [0.2, 0.25) is 5.91 Å². The highest BCUT2D eigenvalue weighted by Crippen LogP contribution is 2.16. The van der Waals surface area contributed by atoms with Gasteiger partial charge in [-0.05, 0) is 23.1 Å². The number of hydrogen-bond donors (Lipinski definition) is 0. The SMILES string of the molecule is O=C(COCc1ccccc1Cl)N1CCN(Cc2cccs2)CC1. The van der Waals surface area contributed by atoms with E-state index in [4.69, 9.17) is 16.3 Å². The molecule has 1 amide bonds. The lowest BCUT2D eigenvalue weighted by Gasteiger charge is -2.34. The van der Waals surface area contributed by atoms with Crippen molar-refractivity contribution in [2.75, 3.05) is 32.8 Å². The van der Waals surface area contributed by atoms with Gasteiger partial charge in [0.05, 0.1) is 6.61 Å². The summed E-state index contributed by atoms with van der Waals surface area (Å²) in [7, 11) is 0. The van der Waals surface area contributed by atoms with E-state index in [-0.39, 0.29) is 12.5 Å². The van der Waals surface area contributed by atoms with E-state index < -0.39 is 0 Å². The van der Waals surface area contributed by atoms with Crippen LogP contribution in [0.5, 0.6) is 0 Å². The molecule has 0 radical (unpaired) electrons. The molecule has 24 heavy (non-hydrogen) atoms. The molecule has 0 atom stereocenters. The Morgan fingerprint density at radius 1 is 1.12 bits per heavy atom. The van der Waals surface area contributed by atoms with Crippen molar-refractivity contribution in [1.29, 1.82) is 0 Å². The van der Waals surface area contributed by atoms with Gasteiger partial charge in [-0.2, -0.15) is 0 Å². The van der Waals surface area contributed by atoms with Crippen LogP contribution in [0.15, 0.2) is 41.8 Å². The number of rotatable bonds is 6. The van der Waals surface area contributed by atoms with Crippen molar-refractivity contribution in [3.63, 3.8) is 0 Å². The first-order valence-corrected chi connectivity index (χ1v) is 9.32. The first-order chi connectivity index (χ1) is 11.7. The highest BCUT2D eigenvalue weighted by Gasteiger charge is 2.21. The van der Waals surface area contributed by atoms with Gasteiger partial charge >= 0.3 is 0 Å². The van der Waals surface area contributed by atoms with Crippen LogP contribution in [-0.4, -0.2) is 48.5 Å². The Morgan fingerprint density at radius 2 is 1.92 bits per heavy atom. The summed E-state index contributed by atoms with van der Waals surface area (Å²) in [5.41, 5.74) is 0.910. The molecule has 6 heteroatoms. The topological polar surface area (TPSA) is 32.8 Å². The zero-order chi connectivity index (χ0) is 16.8. The van der Waals surface area contributed by atoms with Crippen molar-refractivity contribution in [2.45, 2.75) is 13.2 Å². The van der Waals surface area contributed by atoms with E-state index in [0.29, 0.717) is 11.6 Å². The lowest BCUT2D eigenvalue weighted by atomic mass is 10.2. The van der Waals surface area contributed by atoms with E-state index in [1.807, 2.05) is 29.2 Å². The number of ether oxygens (including phenoxy) is 1. The third-order valence-corrected chi connectivity index (χ3v) is 5.36. The van der Waals surface area contributed by atoms with Crippen molar-refractivity contribution in [2.24, 2.45) is 0 Å². The first kappa shape index (κ1) is 17.4. The Kier molecular flexibility index (Phi) is 6.26. The van der Waals surface area contributed by atoms with Gasteiger partial charge in [-0.1, -0.05) is 35.9 Å². The van der Waals surface area contributed by atoms with E-state index in [0.717, 1.165) is 38.3 Å². The third kappa shape index (κ3) is 4.80. The maximum atomic E-state index is 12.2. The normalized spacial score (nSPS) is 15.6. The average molecular weight is 365 g/mol. The van der Waals surface area contributed by atoms with Crippen LogP contribution in [0, 0.1) is 0 Å². The summed E-state index contributed by atoms with van der Waals surface area (Å²) in [5.74, 6) is 0.0535. The van der Waals surface area contributed by atoms with Crippen LogP contribution in [0.1, 0.15) is 10.4 Å². The summed E-state index contributed by atoms with van der Waals surface area (Å²) in [4.78, 5) is 17.9. The molecule has 1 aliphatic heterocycles. The molecule has 0 unspecified atom stereocenters. The Hall–Kier alpha value is -1.40. The largest absolute Gasteiger partial charge is 0.367 e. The monoisotopic (exact) mass is 364 g/mol. The van der Waals surface area contributed by atoms with Crippen molar-refractivity contribution >= 4 is 28.8 Å². The Bertz CT molecular complexity index is 655. The van der Waals surface area contributed by atoms with Crippen molar-refractivity contribution in [1.82, 2.24) is 9.80 Å². The minimum Gasteiger partial charge on any atom is -0.367 e. The molecular formula is C18H21ClN2O2S. The fourth-order valence-electron chi connectivity index (χ4n) is 2.73. The Labute approximate surface area is 151 Å². The molecule has 2 aromatic rings. The molecule has 0 spiro atoms. The summed E-state index contributed by atoms with van der Waals surface area (Å²) >= 11 is 7.86. The minimum atomic E-state index is 0.0535. The number of amides is 1. The summed E-state index contributed by atoms with van der Waals surface area (Å²) in [5, 5.41) is 2.78. The average Bonchev–Trinajstić information content (AvgIpc) is 3.10. The Morgan fingerprint density at radius 3 is 2.62 bits per heavy atom. The highest BCUT2D eigenvalue weighted by molar-refractivity contribution is 7.09. The third-order valence-electron chi connectivity index (χ3n) is 4.13. The number of nitrogens with zero attached hydrogens (tertiary/aromatic N) is 2. The second kappa shape index (κ2) is 8.62. The molecule has 3 rings (SSSR count). The van der Waals surface area contributed by atoms with Crippen LogP contribution in [0.3, 0.4) is 0 Å². The van der Waals surface area contributed by atoms with Gasteiger partial charge in [-0.15, -0.1) is 11.3 Å². The number of carbonyl (C=O) groups excluding carboxylic acids is 1. The molecular weight excluding hydrogens is 344 g/mol. The molecule has 4 nitrogen and oxygen atoms in total. The van der Waals surface area contributed by atoms with Crippen molar-refractivity contribution < 1.29 is 9.53 Å². The standard InChI is InChI=1S/C18H21ClN2O2S/c19-17-6-2-1-4-15(17)13-23-14-18(22)21-9-7-20(8-10-21)12-16-5-3-11-24-16/h1-6,11H,7-10,12-14H2. The number of benzene rings is 1. The van der Waals surface area contributed by atoms with E-state index in [1.54, 1.807) is 11.3 Å². The quantitative estimate of drug-likeness (QED) is 0.788. The van der Waals surface area contributed by atoms with E-state index in [1.165, 1.54) is 4.88 Å². The zero-order valence-electron chi connectivity index (χ0n) is 13.5. The van der Waals surface area contributed by atoms with Crippen LogP contribution in [0.4, 0.5) is 0 Å². The molecule has 128 valence electrons. The minimum absolute atomic E-state index is 0.0535. The molecule has 1 saturated heterocycles. The summed E-state index contributed by atoms with van der Waals surface area (Å²) < 4.78 is 5.54. The molecule has 0 saturated carbocycles. The van der Waals surface area contributed by atoms with Gasteiger partial charge in [0, 0.05) is 42.6 Å². The van der Waals surface area contributed by atoms with Crippen LogP contribution < -0.4 is 0 Å². The fourth-order valence-corrected chi connectivity index (χ4v) is 3.67. The Balaban J connectivity index is 1.38. The van der Waals surface area contributed by atoms with Crippen molar-refractivity contribution in [3.8, 4) is 0 Å². The molecule has 0 bridgehead atoms. The number of carbonyl (C=O) groups is 1. The lowest BCUT2D eigenvalue weighted by molar-refractivity contribution is -0.138. The molecule has 1 aliphatic rings. The van der Waals surface area contributed by atoms with Gasteiger partial charge < -0.3 is 9.64 Å². The lowest BCUT2D eigenvalue weighted by Crippen LogP contribution is -2.49. The molecule has 1 fully saturated rings. The van der Waals surface area contributed by atoms with Gasteiger partial charge in [0.1, 0.15) is 6.61 Å². The smallest absolute Gasteiger partial charge is 0.248 e. The predicted octanol–water partition coefficient (Wildman–Crippen LogP) is 3.26. The second-order valence-corrected chi connectivity index (χ2v) is 7.26. The predicted molar refractivity (Wildman–Crippen MR) is 97.3 cm³/mol. The van der Waals surface area contributed by atoms with Crippen LogP contribution in [-0.2, 0) is 22.7 Å². The zero-order valence-corrected chi connectivity index (χ0v) is 15.1. The summed E-state index contributed by atoms with van der Waals surface area (Å²) in [6, 6.07) is 11.8. The highest BCUT2D eigenvalue weighted by atomic mass is 35.5. The fraction of sp³-hybridized carbons (Fsp3) is 0.389. The molecule has 1 aromatic carbocycles.